The molecule has 1 saturated heterocycles. The van der Waals surface area contributed by atoms with E-state index in [0.29, 0.717) is 0 Å². The van der Waals surface area contributed by atoms with E-state index < -0.39 is 0 Å². The molecule has 0 amide bonds. The van der Waals surface area contributed by atoms with Crippen LogP contribution in [0.1, 0.15) is 11.1 Å². The van der Waals surface area contributed by atoms with Crippen molar-refractivity contribution in [1.82, 2.24) is 4.90 Å². The van der Waals surface area contributed by atoms with Crippen molar-refractivity contribution in [3.8, 4) is 5.75 Å². The molecule has 3 aromatic rings. The second-order valence-electron chi connectivity index (χ2n) is 7.65. The van der Waals surface area contributed by atoms with Gasteiger partial charge in [0.25, 0.3) is 0 Å². The van der Waals surface area contributed by atoms with Gasteiger partial charge < -0.3 is 19.9 Å². The first kappa shape index (κ1) is 19.5. The zero-order chi connectivity index (χ0) is 20.4. The number of rotatable bonds is 3. The molecule has 150 valence electrons. The fraction of sp³-hybridized carbons (Fsp3) is 0.292. The molecule has 0 radical (unpaired) electrons. The zero-order valence-corrected chi connectivity index (χ0v) is 18.1. The van der Waals surface area contributed by atoms with Gasteiger partial charge in [-0.2, -0.15) is 0 Å². The van der Waals surface area contributed by atoms with Gasteiger partial charge in [0, 0.05) is 31.9 Å². The molecule has 0 atom stereocenters. The Hall–Kier alpha value is -2.79. The Bertz CT molecular complexity index is 1020. The maximum atomic E-state index is 5.72. The van der Waals surface area contributed by atoms with Crippen LogP contribution in [-0.2, 0) is 0 Å². The van der Waals surface area contributed by atoms with Crippen molar-refractivity contribution < 1.29 is 4.74 Å². The van der Waals surface area contributed by atoms with Crippen LogP contribution in [0.5, 0.6) is 5.75 Å². The molecule has 0 aliphatic carbocycles. The highest BCUT2D eigenvalue weighted by Crippen LogP contribution is 2.30. The number of nitrogens with zero attached hydrogens (tertiary/aromatic N) is 2. The standard InChI is InChI=1S/C24H27N3OS/c1-17-12-18(2)14-21(13-17)26-8-10-27(11-9-26)24(29)25-22-15-19-6-4-5-7-20(19)16-23(22)28-3/h4-7,12-16H,8-11H2,1-3H3,(H,25,29). The highest BCUT2D eigenvalue weighted by molar-refractivity contribution is 7.80. The monoisotopic (exact) mass is 405 g/mol. The number of methoxy groups -OCH3 is 1. The minimum Gasteiger partial charge on any atom is -0.495 e. The average Bonchev–Trinajstić information content (AvgIpc) is 2.72. The first-order chi connectivity index (χ1) is 14.0. The minimum atomic E-state index is 0.749. The zero-order valence-electron chi connectivity index (χ0n) is 17.2. The summed E-state index contributed by atoms with van der Waals surface area (Å²) < 4.78 is 5.59. The quantitative estimate of drug-likeness (QED) is 0.620. The summed E-state index contributed by atoms with van der Waals surface area (Å²) in [6.45, 7) is 8.02. The molecule has 0 aromatic heterocycles. The van der Waals surface area contributed by atoms with Crippen molar-refractivity contribution in [2.75, 3.05) is 43.5 Å². The number of aryl methyl sites for hydroxylation is 2. The second-order valence-corrected chi connectivity index (χ2v) is 8.04. The van der Waals surface area contributed by atoms with Crippen LogP contribution in [0.3, 0.4) is 0 Å². The lowest BCUT2D eigenvalue weighted by Crippen LogP contribution is -2.50. The summed E-state index contributed by atoms with van der Waals surface area (Å²) in [5, 5.41) is 6.48. The van der Waals surface area contributed by atoms with Gasteiger partial charge in [0.05, 0.1) is 12.8 Å². The molecule has 4 rings (SSSR count). The summed E-state index contributed by atoms with van der Waals surface area (Å²) in [6, 6.07) is 19.2. The van der Waals surface area contributed by atoms with Crippen LogP contribution >= 0.6 is 12.2 Å². The van der Waals surface area contributed by atoms with E-state index in [1.807, 2.05) is 12.1 Å². The summed E-state index contributed by atoms with van der Waals surface area (Å²) >= 11 is 5.72. The molecule has 1 aliphatic rings. The molecule has 0 spiro atoms. The Morgan fingerprint density at radius 3 is 2.14 bits per heavy atom. The summed E-state index contributed by atoms with van der Waals surface area (Å²) in [6.07, 6.45) is 0. The Morgan fingerprint density at radius 2 is 1.52 bits per heavy atom. The molecule has 4 nitrogen and oxygen atoms in total. The Morgan fingerprint density at radius 1 is 0.897 bits per heavy atom. The maximum absolute atomic E-state index is 5.72. The van der Waals surface area contributed by atoms with Crippen molar-refractivity contribution >= 4 is 39.5 Å². The van der Waals surface area contributed by atoms with Crippen molar-refractivity contribution in [1.29, 1.82) is 0 Å². The van der Waals surface area contributed by atoms with Gasteiger partial charge >= 0.3 is 0 Å². The number of hydrogen-bond donors (Lipinski definition) is 1. The molecule has 3 aromatic carbocycles. The molecular weight excluding hydrogens is 378 g/mol. The normalized spacial score (nSPS) is 14.2. The Balaban J connectivity index is 1.44. The third-order valence-electron chi connectivity index (χ3n) is 5.45. The van der Waals surface area contributed by atoms with Crippen molar-refractivity contribution in [3.05, 3.63) is 65.7 Å². The molecule has 0 saturated carbocycles. The van der Waals surface area contributed by atoms with Crippen molar-refractivity contribution in [3.63, 3.8) is 0 Å². The van der Waals surface area contributed by atoms with Crippen LogP contribution in [0.25, 0.3) is 10.8 Å². The Kier molecular flexibility index (Phi) is 5.58. The fourth-order valence-electron chi connectivity index (χ4n) is 3.98. The summed E-state index contributed by atoms with van der Waals surface area (Å²) in [4.78, 5) is 4.68. The predicted octanol–water partition coefficient (Wildman–Crippen LogP) is 4.98. The van der Waals surface area contributed by atoms with Gasteiger partial charge in [0.2, 0.25) is 0 Å². The number of piperazine rings is 1. The first-order valence-corrected chi connectivity index (χ1v) is 10.4. The molecule has 1 aliphatic heterocycles. The van der Waals surface area contributed by atoms with Crippen LogP contribution in [0.4, 0.5) is 11.4 Å². The van der Waals surface area contributed by atoms with E-state index in [9.17, 15) is 0 Å². The van der Waals surface area contributed by atoms with Gasteiger partial charge in [-0.3, -0.25) is 0 Å². The molecule has 29 heavy (non-hydrogen) atoms. The number of fused-ring (bicyclic) bond motifs is 1. The topological polar surface area (TPSA) is 27.7 Å². The lowest BCUT2D eigenvalue weighted by molar-refractivity contribution is 0.390. The lowest BCUT2D eigenvalue weighted by Gasteiger charge is -2.37. The van der Waals surface area contributed by atoms with Crippen LogP contribution in [0, 0.1) is 13.8 Å². The molecule has 0 bridgehead atoms. The molecule has 1 N–H and O–H groups in total. The van der Waals surface area contributed by atoms with Gasteiger partial charge in [-0.25, -0.2) is 0 Å². The van der Waals surface area contributed by atoms with Crippen LogP contribution in [0.15, 0.2) is 54.6 Å². The van der Waals surface area contributed by atoms with E-state index >= 15 is 0 Å². The van der Waals surface area contributed by atoms with Gasteiger partial charge in [0.15, 0.2) is 5.11 Å². The maximum Gasteiger partial charge on any atom is 0.173 e. The number of hydrogen-bond acceptors (Lipinski definition) is 3. The fourth-order valence-corrected chi connectivity index (χ4v) is 4.27. The SMILES string of the molecule is COc1cc2ccccc2cc1NC(=S)N1CCN(c2cc(C)cc(C)c2)CC1. The second kappa shape index (κ2) is 8.29. The highest BCUT2D eigenvalue weighted by atomic mass is 32.1. The van der Waals surface area contributed by atoms with E-state index in [1.165, 1.54) is 22.2 Å². The highest BCUT2D eigenvalue weighted by Gasteiger charge is 2.20. The number of ether oxygens (including phenoxy) is 1. The minimum absolute atomic E-state index is 0.749. The summed E-state index contributed by atoms with van der Waals surface area (Å²) in [7, 11) is 1.70. The number of thiocarbonyl (C=S) groups is 1. The summed E-state index contributed by atoms with van der Waals surface area (Å²) in [5.74, 6) is 0.805. The first-order valence-electron chi connectivity index (χ1n) is 9.99. The predicted molar refractivity (Wildman–Crippen MR) is 126 cm³/mol. The lowest BCUT2D eigenvalue weighted by atomic mass is 10.1. The van der Waals surface area contributed by atoms with Crippen LogP contribution in [-0.4, -0.2) is 43.3 Å². The van der Waals surface area contributed by atoms with E-state index in [2.05, 4.69) is 71.4 Å². The van der Waals surface area contributed by atoms with Gasteiger partial charge in [-0.1, -0.05) is 30.3 Å². The molecule has 1 fully saturated rings. The number of nitrogens with one attached hydrogen (secondary N) is 1. The molecule has 5 heteroatoms. The number of benzene rings is 3. The van der Waals surface area contributed by atoms with E-state index in [0.717, 1.165) is 48.1 Å². The van der Waals surface area contributed by atoms with Gasteiger partial charge in [-0.15, -0.1) is 0 Å². The van der Waals surface area contributed by atoms with Gasteiger partial charge in [0.1, 0.15) is 5.75 Å². The summed E-state index contributed by atoms with van der Waals surface area (Å²) in [5.41, 5.74) is 4.83. The van der Waals surface area contributed by atoms with Gasteiger partial charge in [-0.05, 0) is 72.2 Å². The average molecular weight is 406 g/mol. The van der Waals surface area contributed by atoms with E-state index in [-0.39, 0.29) is 0 Å². The third kappa shape index (κ3) is 4.30. The molecule has 0 unspecified atom stereocenters. The Labute approximate surface area is 178 Å². The van der Waals surface area contributed by atoms with Crippen molar-refractivity contribution in [2.24, 2.45) is 0 Å². The number of anilines is 2. The third-order valence-corrected chi connectivity index (χ3v) is 5.81. The van der Waals surface area contributed by atoms with Crippen LogP contribution < -0.4 is 15.0 Å². The van der Waals surface area contributed by atoms with E-state index in [1.54, 1.807) is 7.11 Å². The smallest absolute Gasteiger partial charge is 0.173 e. The molecular formula is C24H27N3OS. The van der Waals surface area contributed by atoms with Crippen molar-refractivity contribution in [2.45, 2.75) is 13.8 Å². The van der Waals surface area contributed by atoms with E-state index in [4.69, 9.17) is 17.0 Å². The largest absolute Gasteiger partial charge is 0.495 e. The van der Waals surface area contributed by atoms with Crippen LogP contribution in [0.2, 0.25) is 0 Å². The molecule has 1 heterocycles.